The minimum absolute atomic E-state index is 0.0726. The van der Waals surface area contributed by atoms with Crippen molar-refractivity contribution in [1.29, 1.82) is 0 Å². The van der Waals surface area contributed by atoms with Gasteiger partial charge in [-0.25, -0.2) is 0 Å². The zero-order valence-electron chi connectivity index (χ0n) is 8.35. The normalized spacial score (nSPS) is 33.8. The summed E-state index contributed by atoms with van der Waals surface area (Å²) in [6, 6.07) is -0.146. The Kier molecular flexibility index (Phi) is 3.66. The van der Waals surface area contributed by atoms with Crippen molar-refractivity contribution >= 4 is 5.97 Å². The van der Waals surface area contributed by atoms with E-state index >= 15 is 0 Å². The topological polar surface area (TPSA) is 72.5 Å². The van der Waals surface area contributed by atoms with E-state index in [-0.39, 0.29) is 23.8 Å². The molecule has 0 aromatic heterocycles. The molecule has 4 unspecified atom stereocenters. The van der Waals surface area contributed by atoms with Crippen LogP contribution in [0.25, 0.3) is 0 Å². The summed E-state index contributed by atoms with van der Waals surface area (Å²) in [7, 11) is 1.37. The molecule has 0 aromatic carbocycles. The monoisotopic (exact) mass is 199 g/mol. The third-order valence-electron chi connectivity index (χ3n) is 2.88. The first-order valence-electron chi connectivity index (χ1n) is 4.74. The number of carbonyl (C=O) groups excluding carboxylic acids is 1. The first-order valence-corrected chi connectivity index (χ1v) is 4.74. The second-order valence-corrected chi connectivity index (χ2v) is 3.75. The Morgan fingerprint density at radius 1 is 1.71 bits per heavy atom. The van der Waals surface area contributed by atoms with Gasteiger partial charge in [0.2, 0.25) is 0 Å². The number of methoxy groups -OCH3 is 1. The van der Waals surface area contributed by atoms with Crippen molar-refractivity contribution in [2.75, 3.05) is 7.11 Å². The summed E-state index contributed by atoms with van der Waals surface area (Å²) in [6.45, 7) is 3.51. The second kappa shape index (κ2) is 4.57. The minimum Gasteiger partial charge on any atom is -0.469 e. The largest absolute Gasteiger partial charge is 0.469 e. The molecule has 80 valence electrons. The van der Waals surface area contributed by atoms with Gasteiger partial charge in [-0.2, -0.15) is 0 Å². The summed E-state index contributed by atoms with van der Waals surface area (Å²) in [5, 5.41) is 9.55. The van der Waals surface area contributed by atoms with Gasteiger partial charge in [0.1, 0.15) is 0 Å². The molecule has 0 saturated heterocycles. The van der Waals surface area contributed by atoms with E-state index in [9.17, 15) is 9.90 Å². The fourth-order valence-corrected chi connectivity index (χ4v) is 2.03. The minimum atomic E-state index is -0.625. The molecule has 0 spiro atoms. The molecule has 1 saturated carbocycles. The Bertz CT molecular complexity index is 229. The molecule has 1 aliphatic rings. The van der Waals surface area contributed by atoms with Gasteiger partial charge >= 0.3 is 5.97 Å². The molecule has 14 heavy (non-hydrogen) atoms. The number of nitrogens with two attached hydrogens (primary N) is 1. The fraction of sp³-hybridized carbons (Fsp3) is 0.700. The summed E-state index contributed by atoms with van der Waals surface area (Å²) in [5.74, 6) is -0.481. The van der Waals surface area contributed by atoms with Crippen LogP contribution in [0.2, 0.25) is 0 Å². The Morgan fingerprint density at radius 3 is 2.86 bits per heavy atom. The van der Waals surface area contributed by atoms with Gasteiger partial charge in [-0.1, -0.05) is 6.08 Å². The summed E-state index contributed by atoms with van der Waals surface area (Å²) < 4.78 is 4.64. The van der Waals surface area contributed by atoms with E-state index in [1.54, 1.807) is 0 Å². The number of ether oxygens (including phenoxy) is 1. The predicted molar refractivity (Wildman–Crippen MR) is 52.4 cm³/mol. The van der Waals surface area contributed by atoms with E-state index in [4.69, 9.17) is 5.73 Å². The Balaban J connectivity index is 2.59. The SMILES string of the molecule is C=CC(O)C1CC(C(=O)OC)CC1N. The molecule has 4 nitrogen and oxygen atoms in total. The van der Waals surface area contributed by atoms with Crippen LogP contribution >= 0.6 is 0 Å². The van der Waals surface area contributed by atoms with Gasteiger partial charge < -0.3 is 15.6 Å². The maximum absolute atomic E-state index is 11.2. The van der Waals surface area contributed by atoms with E-state index in [2.05, 4.69) is 11.3 Å². The quantitative estimate of drug-likeness (QED) is 0.498. The number of carbonyl (C=O) groups is 1. The van der Waals surface area contributed by atoms with Crippen LogP contribution in [0.15, 0.2) is 12.7 Å². The van der Waals surface area contributed by atoms with Gasteiger partial charge in [-0.15, -0.1) is 6.58 Å². The van der Waals surface area contributed by atoms with Gasteiger partial charge in [-0.05, 0) is 12.8 Å². The molecule has 0 aliphatic heterocycles. The van der Waals surface area contributed by atoms with Crippen LogP contribution in [-0.2, 0) is 9.53 Å². The zero-order chi connectivity index (χ0) is 10.7. The summed E-state index contributed by atoms with van der Waals surface area (Å²) in [4.78, 5) is 11.2. The van der Waals surface area contributed by atoms with Gasteiger partial charge in [0.15, 0.2) is 0 Å². The molecule has 3 N–H and O–H groups in total. The zero-order valence-corrected chi connectivity index (χ0v) is 8.35. The molecule has 4 atom stereocenters. The molecule has 0 amide bonds. The fourth-order valence-electron chi connectivity index (χ4n) is 2.03. The highest BCUT2D eigenvalue weighted by Gasteiger charge is 2.39. The number of rotatable bonds is 3. The lowest BCUT2D eigenvalue weighted by Crippen LogP contribution is -2.32. The van der Waals surface area contributed by atoms with Crippen molar-refractivity contribution in [3.8, 4) is 0 Å². The van der Waals surface area contributed by atoms with Crippen LogP contribution < -0.4 is 5.73 Å². The van der Waals surface area contributed by atoms with Crippen LogP contribution in [0, 0.1) is 11.8 Å². The van der Waals surface area contributed by atoms with Crippen LogP contribution in [0.4, 0.5) is 0 Å². The number of esters is 1. The number of hydrogen-bond acceptors (Lipinski definition) is 4. The van der Waals surface area contributed by atoms with Crippen LogP contribution in [0.5, 0.6) is 0 Å². The number of hydrogen-bond donors (Lipinski definition) is 2. The second-order valence-electron chi connectivity index (χ2n) is 3.75. The molecule has 0 aromatic rings. The maximum atomic E-state index is 11.2. The number of aliphatic hydroxyl groups excluding tert-OH is 1. The standard InChI is InChI=1S/C10H17NO3/c1-3-9(12)7-4-6(5-8(7)11)10(13)14-2/h3,6-9,12H,1,4-5,11H2,2H3. The third kappa shape index (κ3) is 2.13. The Morgan fingerprint density at radius 2 is 2.36 bits per heavy atom. The van der Waals surface area contributed by atoms with Crippen LogP contribution in [0.1, 0.15) is 12.8 Å². The van der Waals surface area contributed by atoms with Crippen molar-refractivity contribution in [1.82, 2.24) is 0 Å². The molecule has 0 bridgehead atoms. The van der Waals surface area contributed by atoms with E-state index in [0.29, 0.717) is 12.8 Å². The van der Waals surface area contributed by atoms with Crippen LogP contribution in [0.3, 0.4) is 0 Å². The molecule has 1 fully saturated rings. The number of aliphatic hydroxyl groups is 1. The van der Waals surface area contributed by atoms with Crippen molar-refractivity contribution in [3.05, 3.63) is 12.7 Å². The first-order chi connectivity index (χ1) is 6.60. The van der Waals surface area contributed by atoms with E-state index < -0.39 is 6.10 Å². The molecule has 1 rings (SSSR count). The molecule has 4 heteroatoms. The molecular formula is C10H17NO3. The van der Waals surface area contributed by atoms with Gasteiger partial charge in [0, 0.05) is 12.0 Å². The Labute approximate surface area is 83.7 Å². The summed E-state index contributed by atoms with van der Waals surface area (Å²) in [5.41, 5.74) is 5.82. The first kappa shape index (κ1) is 11.2. The molecular weight excluding hydrogens is 182 g/mol. The summed E-state index contributed by atoms with van der Waals surface area (Å²) in [6.07, 6.45) is 2.01. The smallest absolute Gasteiger partial charge is 0.308 e. The molecule has 1 aliphatic carbocycles. The highest BCUT2D eigenvalue weighted by atomic mass is 16.5. The highest BCUT2D eigenvalue weighted by Crippen LogP contribution is 2.33. The van der Waals surface area contributed by atoms with Crippen LogP contribution in [-0.4, -0.2) is 30.3 Å². The Hall–Kier alpha value is -0.870. The lowest BCUT2D eigenvalue weighted by molar-refractivity contribution is -0.145. The lowest BCUT2D eigenvalue weighted by atomic mass is 9.97. The third-order valence-corrected chi connectivity index (χ3v) is 2.88. The van der Waals surface area contributed by atoms with Gasteiger partial charge in [-0.3, -0.25) is 4.79 Å². The maximum Gasteiger partial charge on any atom is 0.308 e. The van der Waals surface area contributed by atoms with Crippen molar-refractivity contribution in [3.63, 3.8) is 0 Å². The average molecular weight is 199 g/mol. The van der Waals surface area contributed by atoms with E-state index in [1.807, 2.05) is 0 Å². The predicted octanol–water partition coefficient (Wildman–Crippen LogP) is 0.0598. The van der Waals surface area contributed by atoms with E-state index in [1.165, 1.54) is 13.2 Å². The van der Waals surface area contributed by atoms with Crippen molar-refractivity contribution < 1.29 is 14.6 Å². The lowest BCUT2D eigenvalue weighted by Gasteiger charge is -2.18. The van der Waals surface area contributed by atoms with Crippen molar-refractivity contribution in [2.24, 2.45) is 17.6 Å². The average Bonchev–Trinajstić information content (AvgIpc) is 2.58. The van der Waals surface area contributed by atoms with E-state index in [0.717, 1.165) is 0 Å². The van der Waals surface area contributed by atoms with Gasteiger partial charge in [0.25, 0.3) is 0 Å². The van der Waals surface area contributed by atoms with Crippen molar-refractivity contribution in [2.45, 2.75) is 25.0 Å². The molecule has 0 radical (unpaired) electrons. The summed E-state index contributed by atoms with van der Waals surface area (Å²) >= 11 is 0. The van der Waals surface area contributed by atoms with Gasteiger partial charge in [0.05, 0.1) is 19.1 Å². The molecule has 0 heterocycles. The highest BCUT2D eigenvalue weighted by molar-refractivity contribution is 5.72.